The molecule has 1 aliphatic rings. The van der Waals surface area contributed by atoms with Crippen molar-refractivity contribution in [1.29, 1.82) is 0 Å². The predicted octanol–water partition coefficient (Wildman–Crippen LogP) is 0.984. The van der Waals surface area contributed by atoms with Gasteiger partial charge in [-0.25, -0.2) is 9.48 Å². The number of nitrogens with one attached hydrogen (secondary N) is 1. The molecule has 0 bridgehead atoms. The van der Waals surface area contributed by atoms with Gasteiger partial charge in [-0.15, -0.1) is 5.10 Å². The van der Waals surface area contributed by atoms with Crippen molar-refractivity contribution >= 4 is 11.8 Å². The molecule has 94 valence electrons. The Morgan fingerprint density at radius 3 is 2.88 bits per heavy atom. The summed E-state index contributed by atoms with van der Waals surface area (Å²) in [5, 5.41) is 9.43. The summed E-state index contributed by atoms with van der Waals surface area (Å²) in [6, 6.07) is -1.76. The van der Waals surface area contributed by atoms with Crippen molar-refractivity contribution in [2.75, 3.05) is 19.0 Å². The van der Waals surface area contributed by atoms with Gasteiger partial charge in [-0.3, -0.25) is 0 Å². The molecular formula is C8H9F3N4O2. The first kappa shape index (κ1) is 11.7. The molecule has 0 aliphatic carbocycles. The lowest BCUT2D eigenvalue weighted by Gasteiger charge is -2.26. The zero-order valence-corrected chi connectivity index (χ0v) is 8.78. The maximum Gasteiger partial charge on any atom is 0.411 e. The van der Waals surface area contributed by atoms with Crippen LogP contribution < -0.4 is 5.32 Å². The molecule has 1 atom stereocenters. The molecule has 6 nitrogen and oxygen atoms in total. The summed E-state index contributed by atoms with van der Waals surface area (Å²) in [4.78, 5) is 11.2. The maximum absolute atomic E-state index is 12.7. The van der Waals surface area contributed by atoms with Gasteiger partial charge in [0.1, 0.15) is 0 Å². The summed E-state index contributed by atoms with van der Waals surface area (Å²) in [6.45, 7) is 0.0988. The highest BCUT2D eigenvalue weighted by molar-refractivity contribution is 5.92. The number of anilines is 1. The van der Waals surface area contributed by atoms with Crippen LogP contribution in [-0.4, -0.2) is 40.8 Å². The van der Waals surface area contributed by atoms with Crippen molar-refractivity contribution in [2.45, 2.75) is 18.6 Å². The molecule has 1 unspecified atom stereocenters. The molecule has 0 aromatic carbocycles. The number of hydrogen-bond acceptors (Lipinski definition) is 5. The summed E-state index contributed by atoms with van der Waals surface area (Å²) in [5.74, 6) is -0.869. The molecule has 0 amide bonds. The molecule has 0 saturated carbocycles. The van der Waals surface area contributed by atoms with Gasteiger partial charge < -0.3 is 10.1 Å². The second kappa shape index (κ2) is 3.90. The first-order chi connectivity index (χ1) is 7.95. The van der Waals surface area contributed by atoms with Crippen molar-refractivity contribution in [3.05, 3.63) is 5.69 Å². The van der Waals surface area contributed by atoms with Crippen LogP contribution in [0.5, 0.6) is 0 Å². The van der Waals surface area contributed by atoms with Gasteiger partial charge in [0.05, 0.1) is 7.11 Å². The summed E-state index contributed by atoms with van der Waals surface area (Å²) >= 11 is 0. The molecule has 0 spiro atoms. The summed E-state index contributed by atoms with van der Waals surface area (Å²) in [5.41, 5.74) is -0.235. The van der Waals surface area contributed by atoms with Crippen molar-refractivity contribution in [2.24, 2.45) is 0 Å². The Kier molecular flexibility index (Phi) is 2.68. The van der Waals surface area contributed by atoms with Gasteiger partial charge in [0, 0.05) is 6.54 Å². The SMILES string of the molecule is COC(=O)c1nnn2c1NCCC2C(F)(F)F. The Hall–Kier alpha value is -1.80. The molecule has 9 heteroatoms. The molecule has 0 fully saturated rings. The zero-order chi connectivity index (χ0) is 12.6. The zero-order valence-electron chi connectivity index (χ0n) is 8.78. The Balaban J connectivity index is 2.42. The van der Waals surface area contributed by atoms with Gasteiger partial charge in [-0.05, 0) is 6.42 Å². The van der Waals surface area contributed by atoms with E-state index in [2.05, 4.69) is 20.4 Å². The Labute approximate surface area is 93.7 Å². The first-order valence-corrected chi connectivity index (χ1v) is 4.79. The average molecular weight is 250 g/mol. The topological polar surface area (TPSA) is 69.0 Å². The number of carbonyl (C=O) groups excluding carboxylic acids is 1. The van der Waals surface area contributed by atoms with Crippen LogP contribution in [0, 0.1) is 0 Å². The van der Waals surface area contributed by atoms with Crippen molar-refractivity contribution in [3.8, 4) is 0 Å². The number of hydrogen-bond donors (Lipinski definition) is 1. The van der Waals surface area contributed by atoms with Gasteiger partial charge in [0.15, 0.2) is 11.9 Å². The Morgan fingerprint density at radius 2 is 2.29 bits per heavy atom. The van der Waals surface area contributed by atoms with Crippen molar-refractivity contribution < 1.29 is 22.7 Å². The number of halogens is 3. The van der Waals surface area contributed by atoms with E-state index in [1.54, 1.807) is 0 Å². The lowest BCUT2D eigenvalue weighted by atomic mass is 10.1. The van der Waals surface area contributed by atoms with Crippen LogP contribution in [0.15, 0.2) is 0 Å². The van der Waals surface area contributed by atoms with Gasteiger partial charge in [-0.2, -0.15) is 13.2 Å². The third-order valence-electron chi connectivity index (χ3n) is 2.46. The van der Waals surface area contributed by atoms with E-state index < -0.39 is 18.2 Å². The van der Waals surface area contributed by atoms with Crippen molar-refractivity contribution in [3.63, 3.8) is 0 Å². The number of nitrogens with zero attached hydrogens (tertiary/aromatic N) is 3. The van der Waals surface area contributed by atoms with Gasteiger partial charge in [0.2, 0.25) is 5.69 Å². The minimum absolute atomic E-state index is 0.0505. The molecule has 0 radical (unpaired) electrons. The molecule has 1 aromatic rings. The molecular weight excluding hydrogens is 241 g/mol. The minimum atomic E-state index is -4.42. The molecule has 1 aromatic heterocycles. The number of aromatic nitrogens is 3. The lowest BCUT2D eigenvalue weighted by molar-refractivity contribution is -0.172. The highest BCUT2D eigenvalue weighted by Gasteiger charge is 2.45. The summed E-state index contributed by atoms with van der Waals surface area (Å²) < 4.78 is 43.1. The van der Waals surface area contributed by atoms with Crippen LogP contribution in [0.4, 0.5) is 19.0 Å². The number of esters is 1. The second-order valence-corrected chi connectivity index (χ2v) is 3.50. The van der Waals surface area contributed by atoms with E-state index in [1.165, 1.54) is 0 Å². The monoisotopic (exact) mass is 250 g/mol. The number of methoxy groups -OCH3 is 1. The van der Waals surface area contributed by atoms with Crippen LogP contribution >= 0.6 is 0 Å². The third kappa shape index (κ3) is 1.92. The smallest absolute Gasteiger partial charge is 0.411 e. The number of ether oxygens (including phenoxy) is 1. The normalized spacial score (nSPS) is 19.4. The quantitative estimate of drug-likeness (QED) is 0.752. The molecule has 17 heavy (non-hydrogen) atoms. The van der Waals surface area contributed by atoms with E-state index in [4.69, 9.17) is 0 Å². The van der Waals surface area contributed by atoms with Crippen LogP contribution in [0.3, 0.4) is 0 Å². The van der Waals surface area contributed by atoms with E-state index in [0.29, 0.717) is 4.68 Å². The van der Waals surface area contributed by atoms with E-state index in [-0.39, 0.29) is 24.5 Å². The summed E-state index contributed by atoms with van der Waals surface area (Å²) in [6.07, 6.45) is -4.57. The van der Waals surface area contributed by atoms with E-state index in [9.17, 15) is 18.0 Å². The Bertz CT molecular complexity index is 442. The first-order valence-electron chi connectivity index (χ1n) is 4.79. The number of rotatable bonds is 1. The molecule has 1 aliphatic heterocycles. The Morgan fingerprint density at radius 1 is 1.59 bits per heavy atom. The number of alkyl halides is 3. The molecule has 1 N–H and O–H groups in total. The fourth-order valence-corrected chi connectivity index (χ4v) is 1.66. The fraction of sp³-hybridized carbons (Fsp3) is 0.625. The molecule has 2 heterocycles. The molecule has 0 saturated heterocycles. The highest BCUT2D eigenvalue weighted by Crippen LogP contribution is 2.37. The second-order valence-electron chi connectivity index (χ2n) is 3.50. The van der Waals surface area contributed by atoms with Gasteiger partial charge in [0.25, 0.3) is 0 Å². The van der Waals surface area contributed by atoms with Crippen LogP contribution in [0.1, 0.15) is 23.0 Å². The number of carbonyl (C=O) groups is 1. The third-order valence-corrected chi connectivity index (χ3v) is 2.46. The summed E-state index contributed by atoms with van der Waals surface area (Å²) in [7, 11) is 1.12. The number of fused-ring (bicyclic) bond motifs is 1. The van der Waals surface area contributed by atoms with Gasteiger partial charge in [-0.1, -0.05) is 5.21 Å². The van der Waals surface area contributed by atoms with E-state index >= 15 is 0 Å². The van der Waals surface area contributed by atoms with E-state index in [0.717, 1.165) is 7.11 Å². The van der Waals surface area contributed by atoms with Crippen molar-refractivity contribution in [1.82, 2.24) is 15.0 Å². The fourth-order valence-electron chi connectivity index (χ4n) is 1.66. The molecule has 2 rings (SSSR count). The predicted molar refractivity (Wildman–Crippen MR) is 49.6 cm³/mol. The highest BCUT2D eigenvalue weighted by atomic mass is 19.4. The van der Waals surface area contributed by atoms with E-state index in [1.807, 2.05) is 0 Å². The standard InChI is InChI=1S/C8H9F3N4O2/c1-17-7(16)5-6-12-3-2-4(8(9,10)11)15(6)14-13-5/h4,12H,2-3H2,1H3. The minimum Gasteiger partial charge on any atom is -0.464 e. The van der Waals surface area contributed by atoms with Crippen LogP contribution in [0.25, 0.3) is 0 Å². The average Bonchev–Trinajstić information content (AvgIpc) is 2.69. The van der Waals surface area contributed by atoms with Crippen LogP contribution in [-0.2, 0) is 4.74 Å². The van der Waals surface area contributed by atoms with Crippen LogP contribution in [0.2, 0.25) is 0 Å². The largest absolute Gasteiger partial charge is 0.464 e. The maximum atomic E-state index is 12.7. The lowest BCUT2D eigenvalue weighted by Crippen LogP contribution is -2.34. The van der Waals surface area contributed by atoms with Gasteiger partial charge >= 0.3 is 12.1 Å².